The van der Waals surface area contributed by atoms with Crippen molar-refractivity contribution in [1.82, 2.24) is 4.72 Å². The van der Waals surface area contributed by atoms with E-state index >= 15 is 0 Å². The molecular formula is C13H13NO4S. The van der Waals surface area contributed by atoms with Crippen LogP contribution in [0.4, 0.5) is 4.79 Å². The second kappa shape index (κ2) is 6.61. The minimum Gasteiger partial charge on any atom is -0.445 e. The average molecular weight is 279 g/mol. The first-order valence-corrected chi connectivity index (χ1v) is 6.81. The fraction of sp³-hybridized carbons (Fsp3) is 0.154. The molecule has 1 rings (SSSR count). The number of hydrogen-bond acceptors (Lipinski definition) is 4. The topological polar surface area (TPSA) is 72.5 Å². The second-order valence-electron chi connectivity index (χ2n) is 3.59. The zero-order valence-electron chi connectivity index (χ0n) is 10.3. The van der Waals surface area contributed by atoms with Gasteiger partial charge in [0.05, 0.1) is 4.90 Å². The highest BCUT2D eigenvalue weighted by molar-refractivity contribution is 7.90. The molecule has 0 saturated heterocycles. The predicted octanol–water partition coefficient (Wildman–Crippen LogP) is 1.60. The number of carbonyl (C=O) groups is 1. The summed E-state index contributed by atoms with van der Waals surface area (Å²) in [4.78, 5) is 11.3. The minimum atomic E-state index is -3.91. The number of benzene rings is 1. The zero-order valence-corrected chi connectivity index (χ0v) is 11.1. The maximum Gasteiger partial charge on any atom is 0.421 e. The van der Waals surface area contributed by atoms with Gasteiger partial charge in [-0.1, -0.05) is 23.6 Å². The number of hydrogen-bond donors (Lipinski definition) is 1. The van der Waals surface area contributed by atoms with E-state index in [2.05, 4.69) is 10.7 Å². The van der Waals surface area contributed by atoms with Crippen molar-refractivity contribution in [3.63, 3.8) is 0 Å². The Kier molecular flexibility index (Phi) is 5.15. The van der Waals surface area contributed by atoms with Gasteiger partial charge in [0.1, 0.15) is 6.61 Å². The molecular weight excluding hydrogens is 266 g/mol. The molecule has 0 radical (unpaired) electrons. The molecule has 1 N–H and O–H groups in total. The molecule has 5 nitrogen and oxygen atoms in total. The molecule has 0 unspecified atom stereocenters. The highest BCUT2D eigenvalue weighted by Gasteiger charge is 2.17. The number of sulfonamides is 1. The molecule has 0 aliphatic rings. The summed E-state index contributed by atoms with van der Waals surface area (Å²) < 4.78 is 30.0. The molecule has 0 fully saturated rings. The van der Waals surface area contributed by atoms with Gasteiger partial charge in [-0.05, 0) is 31.2 Å². The molecule has 0 bridgehead atoms. The van der Waals surface area contributed by atoms with Crippen molar-refractivity contribution < 1.29 is 17.9 Å². The number of aryl methyl sites for hydroxylation is 1. The first-order chi connectivity index (χ1) is 8.95. The third kappa shape index (κ3) is 4.85. The predicted molar refractivity (Wildman–Crippen MR) is 70.8 cm³/mol. The van der Waals surface area contributed by atoms with Crippen LogP contribution in [-0.2, 0) is 14.8 Å². The standard InChI is InChI=1S/C13H13NO4S/c1-3-4-5-10-18-13(15)14-19(16,17)12-8-6-11(2)7-9-12/h1,4-9H,10H2,2H3,(H,14,15)/b5-4-. The molecule has 0 aliphatic carbocycles. The third-order valence-electron chi connectivity index (χ3n) is 2.07. The van der Waals surface area contributed by atoms with Crippen LogP contribution in [-0.4, -0.2) is 21.1 Å². The van der Waals surface area contributed by atoms with Crippen molar-refractivity contribution in [3.05, 3.63) is 42.0 Å². The minimum absolute atomic E-state index is 0.00535. The third-order valence-corrected chi connectivity index (χ3v) is 3.40. The molecule has 1 amide bonds. The van der Waals surface area contributed by atoms with E-state index in [1.54, 1.807) is 16.9 Å². The van der Waals surface area contributed by atoms with Crippen molar-refractivity contribution in [2.24, 2.45) is 0 Å². The summed E-state index contributed by atoms with van der Waals surface area (Å²) in [6.45, 7) is 1.73. The first-order valence-electron chi connectivity index (χ1n) is 5.33. The molecule has 0 heterocycles. The summed E-state index contributed by atoms with van der Waals surface area (Å²) in [5.74, 6) is 2.21. The highest BCUT2D eigenvalue weighted by atomic mass is 32.2. The van der Waals surface area contributed by atoms with Crippen LogP contribution in [0, 0.1) is 19.3 Å². The van der Waals surface area contributed by atoms with E-state index in [4.69, 9.17) is 6.42 Å². The van der Waals surface area contributed by atoms with Gasteiger partial charge in [0.15, 0.2) is 0 Å². The van der Waals surface area contributed by atoms with Crippen molar-refractivity contribution in [2.75, 3.05) is 6.61 Å². The van der Waals surface area contributed by atoms with E-state index in [1.807, 2.05) is 6.92 Å². The summed E-state index contributed by atoms with van der Waals surface area (Å²) in [5, 5.41) is 0. The number of amides is 1. The Balaban J connectivity index is 2.65. The lowest BCUT2D eigenvalue weighted by Gasteiger charge is -2.06. The Morgan fingerprint density at radius 2 is 2.05 bits per heavy atom. The Labute approximate surface area is 112 Å². The van der Waals surface area contributed by atoms with Gasteiger partial charge in [-0.25, -0.2) is 17.9 Å². The fourth-order valence-electron chi connectivity index (χ4n) is 1.16. The quantitative estimate of drug-likeness (QED) is 0.850. The van der Waals surface area contributed by atoms with Crippen LogP contribution in [0.2, 0.25) is 0 Å². The summed E-state index contributed by atoms with van der Waals surface area (Å²) >= 11 is 0. The van der Waals surface area contributed by atoms with Crippen molar-refractivity contribution in [2.45, 2.75) is 11.8 Å². The molecule has 0 aliphatic heterocycles. The van der Waals surface area contributed by atoms with E-state index in [-0.39, 0.29) is 11.5 Å². The zero-order chi connectivity index (χ0) is 14.3. The molecule has 6 heteroatoms. The summed E-state index contributed by atoms with van der Waals surface area (Å²) in [6, 6.07) is 6.08. The van der Waals surface area contributed by atoms with Gasteiger partial charge in [0.2, 0.25) is 0 Å². The lowest BCUT2D eigenvalue weighted by atomic mass is 10.2. The monoisotopic (exact) mass is 279 g/mol. The Hall–Kier alpha value is -2.26. The summed E-state index contributed by atoms with van der Waals surface area (Å²) in [5.41, 5.74) is 0.918. The van der Waals surface area contributed by atoms with Crippen molar-refractivity contribution in [1.29, 1.82) is 0 Å². The van der Waals surface area contributed by atoms with E-state index in [9.17, 15) is 13.2 Å². The van der Waals surface area contributed by atoms with Gasteiger partial charge >= 0.3 is 6.09 Å². The van der Waals surface area contributed by atoms with E-state index in [1.165, 1.54) is 24.3 Å². The second-order valence-corrected chi connectivity index (χ2v) is 5.27. The fourth-order valence-corrected chi connectivity index (χ4v) is 2.05. The molecule has 1 aromatic carbocycles. The van der Waals surface area contributed by atoms with Gasteiger partial charge in [0, 0.05) is 0 Å². The smallest absolute Gasteiger partial charge is 0.421 e. The number of ether oxygens (including phenoxy) is 1. The molecule has 100 valence electrons. The van der Waals surface area contributed by atoms with Gasteiger partial charge in [-0.2, -0.15) is 0 Å². The van der Waals surface area contributed by atoms with Crippen LogP contribution in [0.3, 0.4) is 0 Å². The molecule has 0 aromatic heterocycles. The van der Waals surface area contributed by atoms with Crippen LogP contribution in [0.1, 0.15) is 5.56 Å². The summed E-state index contributed by atoms with van der Waals surface area (Å²) in [6.07, 6.45) is 6.66. The summed E-state index contributed by atoms with van der Waals surface area (Å²) in [7, 11) is -3.91. The Bertz CT molecular complexity index is 609. The van der Waals surface area contributed by atoms with Gasteiger partial charge < -0.3 is 4.74 Å². The van der Waals surface area contributed by atoms with E-state index < -0.39 is 16.1 Å². The van der Waals surface area contributed by atoms with Crippen LogP contribution in [0.5, 0.6) is 0 Å². The molecule has 0 spiro atoms. The van der Waals surface area contributed by atoms with Crippen LogP contribution in [0.15, 0.2) is 41.3 Å². The van der Waals surface area contributed by atoms with Crippen LogP contribution >= 0.6 is 0 Å². The molecule has 0 atom stereocenters. The molecule has 19 heavy (non-hydrogen) atoms. The molecule has 1 aromatic rings. The number of nitrogens with one attached hydrogen (secondary N) is 1. The lowest BCUT2D eigenvalue weighted by molar-refractivity contribution is 0.165. The Morgan fingerprint density at radius 1 is 1.42 bits per heavy atom. The van der Waals surface area contributed by atoms with E-state index in [0.29, 0.717) is 0 Å². The average Bonchev–Trinajstić information content (AvgIpc) is 2.34. The number of carbonyl (C=O) groups excluding carboxylic acids is 1. The maximum atomic E-state index is 11.8. The van der Waals surface area contributed by atoms with Gasteiger partial charge in [-0.15, -0.1) is 6.42 Å². The van der Waals surface area contributed by atoms with Crippen LogP contribution < -0.4 is 4.72 Å². The van der Waals surface area contributed by atoms with E-state index in [0.717, 1.165) is 5.56 Å². The van der Waals surface area contributed by atoms with Crippen molar-refractivity contribution >= 4 is 16.1 Å². The van der Waals surface area contributed by atoms with Gasteiger partial charge in [0.25, 0.3) is 10.0 Å². The maximum absolute atomic E-state index is 11.8. The van der Waals surface area contributed by atoms with Crippen LogP contribution in [0.25, 0.3) is 0 Å². The van der Waals surface area contributed by atoms with Crippen molar-refractivity contribution in [3.8, 4) is 12.3 Å². The van der Waals surface area contributed by atoms with Gasteiger partial charge in [-0.3, -0.25) is 0 Å². The number of terminal acetylenes is 1. The largest absolute Gasteiger partial charge is 0.445 e. The highest BCUT2D eigenvalue weighted by Crippen LogP contribution is 2.09. The first kappa shape index (κ1) is 14.8. The number of rotatable bonds is 4. The number of allylic oxidation sites excluding steroid dienone is 1. The normalized spacial score (nSPS) is 10.9. The molecule has 0 saturated carbocycles. The lowest BCUT2D eigenvalue weighted by Crippen LogP contribution is -2.31. The SMILES string of the molecule is C#C/C=C\COC(=O)NS(=O)(=O)c1ccc(C)cc1. The Morgan fingerprint density at radius 3 is 2.63 bits per heavy atom.